The Morgan fingerprint density at radius 3 is 2.58 bits per heavy atom. The van der Waals surface area contributed by atoms with Crippen LogP contribution in [-0.4, -0.2) is 99.2 Å². The normalized spacial score (nSPS) is 25.5. The van der Waals surface area contributed by atoms with Gasteiger partial charge in [-0.3, -0.25) is 4.90 Å². The second-order valence-electron chi connectivity index (χ2n) is 10.7. The van der Waals surface area contributed by atoms with Gasteiger partial charge in [-0.15, -0.1) is 0 Å². The van der Waals surface area contributed by atoms with Crippen molar-refractivity contribution >= 4 is 32.6 Å². The number of nitrogens with zero attached hydrogens (tertiary/aromatic N) is 2. The topological polar surface area (TPSA) is 178 Å². The summed E-state index contributed by atoms with van der Waals surface area (Å²) in [4.78, 5) is 1.76. The van der Waals surface area contributed by atoms with Gasteiger partial charge in [0.15, 0.2) is 11.2 Å². The van der Waals surface area contributed by atoms with Crippen molar-refractivity contribution < 1.29 is 37.6 Å². The number of benzene rings is 2. The molecule has 12 nitrogen and oxygen atoms in total. The molecule has 2 aliphatic heterocycles. The maximum Gasteiger partial charge on any atom is 0.250 e. The molecular weight excluding hydrogens is 576 g/mol. The van der Waals surface area contributed by atoms with Crippen LogP contribution in [0.4, 0.5) is 5.69 Å². The number of furan rings is 1. The highest BCUT2D eigenvalue weighted by atomic mass is 32.2. The zero-order valence-corrected chi connectivity index (χ0v) is 24.5. The van der Waals surface area contributed by atoms with Crippen LogP contribution in [0.1, 0.15) is 12.7 Å². The van der Waals surface area contributed by atoms with Crippen LogP contribution >= 0.6 is 0 Å². The molecule has 0 spiro atoms. The maximum atomic E-state index is 12.8. The monoisotopic (exact) mass is 612 g/mol. The molecule has 5 N–H and O–H groups in total. The number of morpholine rings is 1. The molecule has 13 heteroatoms. The Balaban J connectivity index is 1.23. The van der Waals surface area contributed by atoms with E-state index in [-0.39, 0.29) is 5.76 Å². The van der Waals surface area contributed by atoms with E-state index in [9.17, 15) is 29.0 Å². The number of nitriles is 1. The standard InChI is InChI=1S/C30H36N4O8S/c1-19-28(35)29(36)27(42-30(19)37)18-33-43(38,39)25(17-31)16-24-6-7-26(41-24)22-3-2-21-15-23(5-4-20(21)14-22)32-8-9-34-10-12-40-13-11-34/h2-7,14-16,19,27-30,32-33,35-37H,8-13,18H2,1H3/b25-16+/t19-,27?,28-,29-,30?/m1/s1. The van der Waals surface area contributed by atoms with Crippen molar-refractivity contribution in [3.8, 4) is 17.4 Å². The van der Waals surface area contributed by atoms with E-state index in [1.165, 1.54) is 6.92 Å². The highest BCUT2D eigenvalue weighted by Crippen LogP contribution is 2.29. The lowest BCUT2D eigenvalue weighted by Gasteiger charge is -2.39. The van der Waals surface area contributed by atoms with Crippen molar-refractivity contribution in [2.45, 2.75) is 31.5 Å². The van der Waals surface area contributed by atoms with Crippen molar-refractivity contribution in [3.63, 3.8) is 0 Å². The Morgan fingerprint density at radius 1 is 1.07 bits per heavy atom. The largest absolute Gasteiger partial charge is 0.457 e. The molecule has 5 rings (SSSR count). The molecule has 0 bridgehead atoms. The SMILES string of the molecule is C[C@H]1C(O)OC(CNS(=O)(=O)/C(C#N)=C/c2ccc(-c3ccc4cc(NCCN5CCOCC5)ccc4c3)o2)[C@@H](O)[C@@H]1O. The third-order valence-corrected chi connectivity index (χ3v) is 9.13. The van der Waals surface area contributed by atoms with E-state index in [0.717, 1.165) is 67.5 Å². The summed E-state index contributed by atoms with van der Waals surface area (Å²) >= 11 is 0. The van der Waals surface area contributed by atoms with E-state index in [1.54, 1.807) is 18.2 Å². The van der Waals surface area contributed by atoms with Gasteiger partial charge < -0.3 is 34.5 Å². The van der Waals surface area contributed by atoms with Gasteiger partial charge in [0.1, 0.15) is 29.8 Å². The third-order valence-electron chi connectivity index (χ3n) is 7.79. The van der Waals surface area contributed by atoms with Gasteiger partial charge >= 0.3 is 0 Å². The number of anilines is 1. The summed E-state index contributed by atoms with van der Waals surface area (Å²) in [6.07, 6.45) is -4.20. The number of hydrogen-bond donors (Lipinski definition) is 5. The van der Waals surface area contributed by atoms with E-state index in [0.29, 0.717) is 5.76 Å². The fourth-order valence-corrected chi connectivity index (χ4v) is 6.03. The molecule has 2 aromatic carbocycles. The van der Waals surface area contributed by atoms with Crippen LogP contribution in [0.5, 0.6) is 0 Å². The molecular formula is C30H36N4O8S. The van der Waals surface area contributed by atoms with Crippen LogP contribution in [0.25, 0.3) is 28.2 Å². The third kappa shape index (κ3) is 7.43. The second-order valence-corrected chi connectivity index (χ2v) is 12.5. The minimum atomic E-state index is -4.32. The average Bonchev–Trinajstić information content (AvgIpc) is 3.49. The summed E-state index contributed by atoms with van der Waals surface area (Å²) in [7, 11) is -4.32. The zero-order valence-electron chi connectivity index (χ0n) is 23.7. The molecule has 2 fully saturated rings. The Bertz CT molecular complexity index is 1590. The summed E-state index contributed by atoms with van der Waals surface area (Å²) in [5, 5.41) is 45.3. The van der Waals surface area contributed by atoms with E-state index in [2.05, 4.69) is 21.0 Å². The molecule has 0 aliphatic carbocycles. The van der Waals surface area contributed by atoms with Crippen molar-refractivity contribution in [2.24, 2.45) is 5.92 Å². The van der Waals surface area contributed by atoms with Crippen molar-refractivity contribution in [1.29, 1.82) is 5.26 Å². The molecule has 2 aliphatic rings. The molecule has 5 atom stereocenters. The smallest absolute Gasteiger partial charge is 0.250 e. The number of ether oxygens (including phenoxy) is 2. The molecule has 0 saturated carbocycles. The van der Waals surface area contributed by atoms with Crippen LogP contribution in [0.15, 0.2) is 57.9 Å². The van der Waals surface area contributed by atoms with E-state index in [1.807, 2.05) is 30.3 Å². The zero-order chi connectivity index (χ0) is 30.6. The van der Waals surface area contributed by atoms with Crippen molar-refractivity contribution in [1.82, 2.24) is 9.62 Å². The summed E-state index contributed by atoms with van der Waals surface area (Å²) in [6.45, 7) is 6.28. The van der Waals surface area contributed by atoms with E-state index >= 15 is 0 Å². The first-order valence-corrected chi connectivity index (χ1v) is 15.6. The molecule has 2 unspecified atom stereocenters. The predicted molar refractivity (Wildman–Crippen MR) is 160 cm³/mol. The first-order chi connectivity index (χ1) is 20.6. The number of sulfonamides is 1. The average molecular weight is 613 g/mol. The number of allylic oxidation sites excluding steroid dienone is 1. The van der Waals surface area contributed by atoms with Crippen LogP contribution in [-0.2, 0) is 19.5 Å². The van der Waals surface area contributed by atoms with Crippen LogP contribution in [0, 0.1) is 17.2 Å². The number of fused-ring (bicyclic) bond motifs is 1. The Hall–Kier alpha value is -3.32. The Morgan fingerprint density at radius 2 is 1.81 bits per heavy atom. The lowest BCUT2D eigenvalue weighted by Crippen LogP contribution is -2.56. The fourth-order valence-electron chi connectivity index (χ4n) is 5.10. The number of hydrogen-bond acceptors (Lipinski definition) is 11. The number of nitrogens with one attached hydrogen (secondary N) is 2. The van der Waals surface area contributed by atoms with Crippen LogP contribution in [0.2, 0.25) is 0 Å². The van der Waals surface area contributed by atoms with Gasteiger partial charge in [0.25, 0.3) is 10.0 Å². The maximum absolute atomic E-state index is 12.8. The van der Waals surface area contributed by atoms with Gasteiger partial charge in [-0.05, 0) is 41.1 Å². The summed E-state index contributed by atoms with van der Waals surface area (Å²) < 4.78 is 44.3. The quantitative estimate of drug-likeness (QED) is 0.211. The number of rotatable bonds is 10. The molecule has 3 aromatic rings. The molecule has 3 heterocycles. The molecule has 0 radical (unpaired) electrons. The van der Waals surface area contributed by atoms with Gasteiger partial charge in [-0.25, -0.2) is 13.1 Å². The Kier molecular flexibility index (Phi) is 9.80. The molecule has 0 amide bonds. The first-order valence-electron chi connectivity index (χ1n) is 14.1. The van der Waals surface area contributed by atoms with Crippen molar-refractivity contribution in [2.75, 3.05) is 51.3 Å². The van der Waals surface area contributed by atoms with Gasteiger partial charge in [-0.1, -0.05) is 25.1 Å². The van der Waals surface area contributed by atoms with Crippen LogP contribution < -0.4 is 10.0 Å². The lowest BCUT2D eigenvalue weighted by atomic mass is 9.92. The van der Waals surface area contributed by atoms with Gasteiger partial charge in [0.2, 0.25) is 0 Å². The molecule has 2 saturated heterocycles. The van der Waals surface area contributed by atoms with Gasteiger partial charge in [0.05, 0.1) is 19.3 Å². The van der Waals surface area contributed by atoms with E-state index in [4.69, 9.17) is 13.9 Å². The van der Waals surface area contributed by atoms with Crippen LogP contribution in [0.3, 0.4) is 0 Å². The predicted octanol–water partition coefficient (Wildman–Crippen LogP) is 1.70. The molecule has 1 aromatic heterocycles. The highest BCUT2D eigenvalue weighted by Gasteiger charge is 2.41. The summed E-state index contributed by atoms with van der Waals surface area (Å²) in [5.74, 6) is -0.0943. The Labute approximate surface area is 250 Å². The minimum Gasteiger partial charge on any atom is -0.457 e. The van der Waals surface area contributed by atoms with Gasteiger partial charge in [0, 0.05) is 56.0 Å². The van der Waals surface area contributed by atoms with Crippen molar-refractivity contribution in [3.05, 3.63) is 59.2 Å². The minimum absolute atomic E-state index is 0.158. The first kappa shape index (κ1) is 31.1. The molecule has 43 heavy (non-hydrogen) atoms. The summed E-state index contributed by atoms with van der Waals surface area (Å²) in [6, 6.07) is 16.9. The number of aliphatic hydroxyl groups excluding tert-OH is 3. The highest BCUT2D eigenvalue weighted by molar-refractivity contribution is 7.93. The molecule has 230 valence electrons. The fraction of sp³-hybridized carbons (Fsp3) is 0.433. The number of aliphatic hydroxyl groups is 3. The summed E-state index contributed by atoms with van der Waals surface area (Å²) in [5.41, 5.74) is 1.82. The second kappa shape index (κ2) is 13.5. The van der Waals surface area contributed by atoms with Gasteiger partial charge in [-0.2, -0.15) is 5.26 Å². The van der Waals surface area contributed by atoms with E-state index < -0.39 is 52.0 Å². The lowest BCUT2D eigenvalue weighted by molar-refractivity contribution is -0.257.